The Morgan fingerprint density at radius 3 is 2.63 bits per heavy atom. The van der Waals surface area contributed by atoms with Gasteiger partial charge in [0.25, 0.3) is 0 Å². The van der Waals surface area contributed by atoms with Crippen LogP contribution in [0, 0.1) is 5.92 Å². The third kappa shape index (κ3) is 2.66. The van der Waals surface area contributed by atoms with Gasteiger partial charge in [-0.3, -0.25) is 0 Å². The number of nitrogens with one attached hydrogen (secondary N) is 1. The van der Waals surface area contributed by atoms with E-state index in [1.54, 1.807) is 0 Å². The molecule has 0 radical (unpaired) electrons. The molecule has 0 saturated heterocycles. The Balaban J connectivity index is 1.79. The van der Waals surface area contributed by atoms with Gasteiger partial charge in [-0.15, -0.1) is 10.2 Å². The molecule has 1 heterocycles. The highest BCUT2D eigenvalue weighted by atomic mass is 15.2. The van der Waals surface area contributed by atoms with Gasteiger partial charge in [0.05, 0.1) is 5.52 Å². The topological polar surface area (TPSA) is 76.7 Å². The second-order valence-electron chi connectivity index (χ2n) is 5.16. The molecule has 1 fully saturated rings. The fourth-order valence-electron chi connectivity index (χ4n) is 2.84. The van der Waals surface area contributed by atoms with Crippen molar-refractivity contribution in [2.24, 2.45) is 11.7 Å². The maximum Gasteiger partial charge on any atom is 0.243 e. The number of hydrogen-bond donors (Lipinski definition) is 2. The first-order valence-electron chi connectivity index (χ1n) is 6.93. The predicted molar refractivity (Wildman–Crippen MR) is 75.8 cm³/mol. The molecule has 2 aromatic rings. The molecular formula is C14H19N5. The summed E-state index contributed by atoms with van der Waals surface area (Å²) in [6.07, 6.45) is 5.10. The third-order valence-electron chi connectivity index (χ3n) is 3.90. The highest BCUT2D eigenvalue weighted by Gasteiger charge is 2.24. The summed E-state index contributed by atoms with van der Waals surface area (Å²) >= 11 is 0. The van der Waals surface area contributed by atoms with Gasteiger partial charge in [-0.2, -0.15) is 0 Å². The minimum Gasteiger partial charge on any atom is -0.349 e. The summed E-state index contributed by atoms with van der Waals surface area (Å²) in [7, 11) is 0. The number of fused-ring (bicyclic) bond motifs is 1. The van der Waals surface area contributed by atoms with Crippen LogP contribution in [0.2, 0.25) is 0 Å². The first kappa shape index (κ1) is 12.3. The normalized spacial score (nSPS) is 17.7. The second-order valence-corrected chi connectivity index (χ2v) is 5.16. The summed E-state index contributed by atoms with van der Waals surface area (Å²) in [5.74, 6) is 1.22. The first-order chi connectivity index (χ1) is 9.36. The van der Waals surface area contributed by atoms with E-state index in [2.05, 4.69) is 20.5 Å². The van der Waals surface area contributed by atoms with Gasteiger partial charge in [-0.1, -0.05) is 25.0 Å². The molecule has 3 rings (SSSR count). The van der Waals surface area contributed by atoms with Crippen molar-refractivity contribution in [1.29, 1.82) is 0 Å². The van der Waals surface area contributed by atoms with E-state index in [9.17, 15) is 0 Å². The van der Waals surface area contributed by atoms with Crippen molar-refractivity contribution >= 4 is 17.0 Å². The van der Waals surface area contributed by atoms with E-state index in [1.807, 2.05) is 24.3 Å². The van der Waals surface area contributed by atoms with Crippen molar-refractivity contribution in [3.05, 3.63) is 24.3 Å². The number of rotatable bonds is 4. The van der Waals surface area contributed by atoms with Crippen molar-refractivity contribution in [2.75, 3.05) is 11.9 Å². The lowest BCUT2D eigenvalue weighted by molar-refractivity contribution is 0.460. The lowest BCUT2D eigenvalue weighted by Gasteiger charge is -2.22. The molecule has 0 spiro atoms. The van der Waals surface area contributed by atoms with Gasteiger partial charge in [-0.25, -0.2) is 4.98 Å². The van der Waals surface area contributed by atoms with Crippen molar-refractivity contribution < 1.29 is 0 Å². The van der Waals surface area contributed by atoms with E-state index in [-0.39, 0.29) is 6.04 Å². The van der Waals surface area contributed by atoms with E-state index in [0.717, 1.165) is 11.0 Å². The van der Waals surface area contributed by atoms with Crippen LogP contribution in [0.5, 0.6) is 0 Å². The molecular weight excluding hydrogens is 238 g/mol. The molecule has 1 aromatic heterocycles. The molecule has 1 atom stereocenters. The zero-order chi connectivity index (χ0) is 13.1. The minimum atomic E-state index is 0.255. The summed E-state index contributed by atoms with van der Waals surface area (Å²) in [5, 5.41) is 11.7. The van der Waals surface area contributed by atoms with Gasteiger partial charge in [0, 0.05) is 12.6 Å². The standard InChI is InChI=1S/C14H19N5/c15-9-13(10-5-1-2-6-10)17-14-16-11-7-3-4-8-12(11)18-19-14/h3-4,7-8,10,13H,1-2,5-6,9,15H2,(H,16,17,19). The Morgan fingerprint density at radius 1 is 1.16 bits per heavy atom. The lowest BCUT2D eigenvalue weighted by Crippen LogP contribution is -2.35. The molecule has 5 nitrogen and oxygen atoms in total. The van der Waals surface area contributed by atoms with Gasteiger partial charge in [-0.05, 0) is 30.9 Å². The van der Waals surface area contributed by atoms with Crippen LogP contribution >= 0.6 is 0 Å². The zero-order valence-corrected chi connectivity index (χ0v) is 10.9. The van der Waals surface area contributed by atoms with Gasteiger partial charge >= 0.3 is 0 Å². The second kappa shape index (κ2) is 5.48. The predicted octanol–water partition coefficient (Wildman–Crippen LogP) is 1.95. The van der Waals surface area contributed by atoms with Crippen LogP contribution in [-0.2, 0) is 0 Å². The zero-order valence-electron chi connectivity index (χ0n) is 10.9. The van der Waals surface area contributed by atoms with Crippen LogP contribution < -0.4 is 11.1 Å². The fraction of sp³-hybridized carbons (Fsp3) is 0.500. The number of nitrogens with two attached hydrogens (primary N) is 1. The summed E-state index contributed by atoms with van der Waals surface area (Å²) in [6.45, 7) is 0.612. The molecule has 1 aliphatic carbocycles. The van der Waals surface area contributed by atoms with Gasteiger partial charge < -0.3 is 11.1 Å². The average molecular weight is 257 g/mol. The highest BCUT2D eigenvalue weighted by Crippen LogP contribution is 2.28. The van der Waals surface area contributed by atoms with Gasteiger partial charge in [0.15, 0.2) is 0 Å². The fourth-order valence-corrected chi connectivity index (χ4v) is 2.84. The molecule has 5 heteroatoms. The van der Waals surface area contributed by atoms with Crippen LogP contribution in [0.4, 0.5) is 5.95 Å². The van der Waals surface area contributed by atoms with Crippen LogP contribution in [0.3, 0.4) is 0 Å². The minimum absolute atomic E-state index is 0.255. The quantitative estimate of drug-likeness (QED) is 0.875. The SMILES string of the molecule is NCC(Nc1nnc2ccccc2n1)C1CCCC1. The van der Waals surface area contributed by atoms with Crippen molar-refractivity contribution in [3.63, 3.8) is 0 Å². The average Bonchev–Trinajstić information content (AvgIpc) is 2.98. The Morgan fingerprint density at radius 2 is 1.89 bits per heavy atom. The Hall–Kier alpha value is -1.75. The number of anilines is 1. The molecule has 100 valence electrons. The van der Waals surface area contributed by atoms with Gasteiger partial charge in [0.2, 0.25) is 5.95 Å². The monoisotopic (exact) mass is 257 g/mol. The maximum atomic E-state index is 5.87. The molecule has 0 aliphatic heterocycles. The van der Waals surface area contributed by atoms with Crippen molar-refractivity contribution in [3.8, 4) is 0 Å². The summed E-state index contributed by atoms with van der Waals surface area (Å²) in [6, 6.07) is 8.01. The Bertz CT molecular complexity index is 550. The number of hydrogen-bond acceptors (Lipinski definition) is 5. The molecule has 19 heavy (non-hydrogen) atoms. The number of nitrogens with zero attached hydrogens (tertiary/aromatic N) is 3. The lowest BCUT2D eigenvalue weighted by atomic mass is 9.98. The highest BCUT2D eigenvalue weighted by molar-refractivity contribution is 5.74. The van der Waals surface area contributed by atoms with Crippen molar-refractivity contribution in [1.82, 2.24) is 15.2 Å². The van der Waals surface area contributed by atoms with E-state index < -0.39 is 0 Å². The first-order valence-corrected chi connectivity index (χ1v) is 6.93. The molecule has 0 bridgehead atoms. The molecule has 1 unspecified atom stereocenters. The van der Waals surface area contributed by atoms with E-state index in [1.165, 1.54) is 25.7 Å². The number of benzene rings is 1. The van der Waals surface area contributed by atoms with E-state index in [4.69, 9.17) is 5.73 Å². The summed E-state index contributed by atoms with van der Waals surface area (Å²) in [5.41, 5.74) is 7.56. The Kier molecular flexibility index (Phi) is 3.55. The molecule has 3 N–H and O–H groups in total. The van der Waals surface area contributed by atoms with Gasteiger partial charge in [0.1, 0.15) is 5.52 Å². The largest absolute Gasteiger partial charge is 0.349 e. The number of para-hydroxylation sites is 1. The number of aromatic nitrogens is 3. The van der Waals surface area contributed by atoms with Crippen LogP contribution in [-0.4, -0.2) is 27.8 Å². The Labute approximate surface area is 112 Å². The maximum absolute atomic E-state index is 5.87. The molecule has 1 saturated carbocycles. The van der Waals surface area contributed by atoms with E-state index in [0.29, 0.717) is 18.4 Å². The van der Waals surface area contributed by atoms with Crippen LogP contribution in [0.15, 0.2) is 24.3 Å². The molecule has 0 amide bonds. The van der Waals surface area contributed by atoms with Crippen LogP contribution in [0.1, 0.15) is 25.7 Å². The van der Waals surface area contributed by atoms with Crippen molar-refractivity contribution in [2.45, 2.75) is 31.7 Å². The summed E-state index contributed by atoms with van der Waals surface area (Å²) < 4.78 is 0. The molecule has 1 aromatic carbocycles. The van der Waals surface area contributed by atoms with Crippen LogP contribution in [0.25, 0.3) is 11.0 Å². The van der Waals surface area contributed by atoms with E-state index >= 15 is 0 Å². The third-order valence-corrected chi connectivity index (χ3v) is 3.90. The summed E-state index contributed by atoms with van der Waals surface area (Å²) in [4.78, 5) is 4.49. The molecule has 1 aliphatic rings. The smallest absolute Gasteiger partial charge is 0.243 e.